The molecule has 2 aromatic heterocycles. The van der Waals surface area contributed by atoms with Crippen LogP contribution in [0.4, 0.5) is 5.69 Å². The number of aromatic nitrogens is 2. The lowest BCUT2D eigenvalue weighted by Crippen LogP contribution is -2.56. The number of carbonyl (C=O) groups excluding carboxylic acids is 1. The highest BCUT2D eigenvalue weighted by atomic mass is 32.1. The molecule has 3 aromatic rings. The monoisotopic (exact) mass is 449 g/mol. The standard InChI is InChI=1S/C25H31N5OS/c1-18-6-3-4-8-23(18)29-14-12-28(13-15-29)20-7-5-11-30(17-20)25(31)22-16-21(26-27-22)24-10-9-19(2)32-24/h3-4,6,8-10,16,20H,5,7,11-15,17H2,1-2H3,(H,26,27)/t20-/m0/s1. The molecule has 2 fully saturated rings. The minimum atomic E-state index is 0.0454. The fourth-order valence-corrected chi connectivity index (χ4v) is 5.82. The lowest BCUT2D eigenvalue weighted by atomic mass is 10.0. The van der Waals surface area contributed by atoms with Crippen molar-refractivity contribution in [3.05, 3.63) is 58.6 Å². The first-order valence-corrected chi connectivity index (χ1v) is 12.4. The number of likely N-dealkylation sites (tertiary alicyclic amines) is 1. The maximum atomic E-state index is 13.2. The number of aromatic amines is 1. The Hall–Kier alpha value is -2.64. The number of nitrogens with zero attached hydrogens (tertiary/aromatic N) is 4. The molecular formula is C25H31N5OS. The number of piperidine rings is 1. The highest BCUT2D eigenvalue weighted by molar-refractivity contribution is 7.15. The molecule has 6 nitrogen and oxygen atoms in total. The van der Waals surface area contributed by atoms with Gasteiger partial charge in [0.25, 0.3) is 5.91 Å². The van der Waals surface area contributed by atoms with E-state index in [1.807, 2.05) is 11.0 Å². The van der Waals surface area contributed by atoms with E-state index in [-0.39, 0.29) is 5.91 Å². The number of hydrogen-bond donors (Lipinski definition) is 1. The van der Waals surface area contributed by atoms with E-state index in [2.05, 4.69) is 70.2 Å². The second-order valence-corrected chi connectivity index (χ2v) is 10.2. The van der Waals surface area contributed by atoms with Gasteiger partial charge in [0.15, 0.2) is 5.69 Å². The Bertz CT molecular complexity index is 1080. The Labute approximate surface area is 193 Å². The van der Waals surface area contributed by atoms with Crippen LogP contribution in [0.2, 0.25) is 0 Å². The SMILES string of the molecule is Cc1ccc(-c2cc(C(=O)N3CCC[C@H](N4CCN(c5ccccc5C)CC4)C3)n[nH]2)s1. The van der Waals surface area contributed by atoms with E-state index in [0.29, 0.717) is 11.7 Å². The van der Waals surface area contributed by atoms with Gasteiger partial charge in [-0.15, -0.1) is 11.3 Å². The van der Waals surface area contributed by atoms with Crippen LogP contribution in [0, 0.1) is 13.8 Å². The molecule has 4 heterocycles. The number of rotatable bonds is 4. The molecule has 0 bridgehead atoms. The van der Waals surface area contributed by atoms with Gasteiger partial charge in [-0.25, -0.2) is 0 Å². The summed E-state index contributed by atoms with van der Waals surface area (Å²) in [6.45, 7) is 10.1. The number of piperazine rings is 1. The molecule has 0 aliphatic carbocycles. The minimum Gasteiger partial charge on any atom is -0.369 e. The molecule has 0 spiro atoms. The summed E-state index contributed by atoms with van der Waals surface area (Å²) in [5, 5.41) is 7.39. The maximum absolute atomic E-state index is 13.2. The average molecular weight is 450 g/mol. The number of thiophene rings is 1. The Kier molecular flexibility index (Phi) is 6.02. The van der Waals surface area contributed by atoms with Gasteiger partial charge >= 0.3 is 0 Å². The number of nitrogens with one attached hydrogen (secondary N) is 1. The zero-order chi connectivity index (χ0) is 22.1. The third-order valence-electron chi connectivity index (χ3n) is 6.77. The fourth-order valence-electron chi connectivity index (χ4n) is 4.98. The second kappa shape index (κ2) is 9.08. The maximum Gasteiger partial charge on any atom is 0.274 e. The highest BCUT2D eigenvalue weighted by Crippen LogP contribution is 2.27. The molecule has 0 saturated carbocycles. The molecule has 1 N–H and O–H groups in total. The van der Waals surface area contributed by atoms with Crippen LogP contribution in [0.3, 0.4) is 0 Å². The van der Waals surface area contributed by atoms with Crippen molar-refractivity contribution < 1.29 is 4.79 Å². The number of aryl methyl sites for hydroxylation is 2. The van der Waals surface area contributed by atoms with Crippen LogP contribution in [-0.4, -0.2) is 71.2 Å². The molecule has 168 valence electrons. The van der Waals surface area contributed by atoms with E-state index in [0.717, 1.165) is 62.7 Å². The van der Waals surface area contributed by atoms with Crippen molar-refractivity contribution in [2.75, 3.05) is 44.2 Å². The van der Waals surface area contributed by atoms with Gasteiger partial charge in [-0.05, 0) is 56.5 Å². The average Bonchev–Trinajstić information content (AvgIpc) is 3.48. The number of H-pyrrole nitrogens is 1. The number of amides is 1. The summed E-state index contributed by atoms with van der Waals surface area (Å²) in [5.74, 6) is 0.0454. The number of benzene rings is 1. The van der Waals surface area contributed by atoms with Gasteiger partial charge in [0.05, 0.1) is 10.6 Å². The van der Waals surface area contributed by atoms with Crippen LogP contribution < -0.4 is 4.90 Å². The van der Waals surface area contributed by atoms with Crippen molar-refractivity contribution >= 4 is 22.9 Å². The van der Waals surface area contributed by atoms with Crippen LogP contribution in [0.5, 0.6) is 0 Å². The predicted octanol–water partition coefficient (Wildman–Crippen LogP) is 4.18. The summed E-state index contributed by atoms with van der Waals surface area (Å²) < 4.78 is 0. The topological polar surface area (TPSA) is 55.5 Å². The first kappa shape index (κ1) is 21.2. The zero-order valence-corrected chi connectivity index (χ0v) is 19.7. The first-order valence-electron chi connectivity index (χ1n) is 11.5. The summed E-state index contributed by atoms with van der Waals surface area (Å²) in [7, 11) is 0. The molecular weight excluding hydrogens is 418 g/mol. The van der Waals surface area contributed by atoms with Crippen molar-refractivity contribution in [2.45, 2.75) is 32.7 Å². The first-order chi connectivity index (χ1) is 15.6. The number of anilines is 1. The van der Waals surface area contributed by atoms with E-state index in [9.17, 15) is 4.79 Å². The van der Waals surface area contributed by atoms with Gasteiger partial charge in [-0.2, -0.15) is 5.10 Å². The second-order valence-electron chi connectivity index (χ2n) is 8.93. The number of carbonyl (C=O) groups is 1. The van der Waals surface area contributed by atoms with Crippen LogP contribution in [0.25, 0.3) is 10.6 Å². The van der Waals surface area contributed by atoms with Gasteiger partial charge in [0.1, 0.15) is 0 Å². The van der Waals surface area contributed by atoms with E-state index < -0.39 is 0 Å². The molecule has 1 aromatic carbocycles. The minimum absolute atomic E-state index is 0.0454. The lowest BCUT2D eigenvalue weighted by Gasteiger charge is -2.44. The van der Waals surface area contributed by atoms with Crippen LogP contribution in [0.15, 0.2) is 42.5 Å². The Morgan fingerprint density at radius 3 is 2.62 bits per heavy atom. The van der Waals surface area contributed by atoms with E-state index in [1.165, 1.54) is 16.1 Å². The summed E-state index contributed by atoms with van der Waals surface area (Å²) >= 11 is 1.71. The van der Waals surface area contributed by atoms with Crippen LogP contribution in [0.1, 0.15) is 33.8 Å². The van der Waals surface area contributed by atoms with Crippen molar-refractivity contribution in [1.29, 1.82) is 0 Å². The van der Waals surface area contributed by atoms with Crippen molar-refractivity contribution in [3.63, 3.8) is 0 Å². The molecule has 2 aliphatic heterocycles. The predicted molar refractivity (Wildman–Crippen MR) is 131 cm³/mol. The van der Waals surface area contributed by atoms with Crippen molar-refractivity contribution in [1.82, 2.24) is 20.0 Å². The fraction of sp³-hybridized carbons (Fsp3) is 0.440. The molecule has 2 saturated heterocycles. The Balaban J connectivity index is 1.20. The quantitative estimate of drug-likeness (QED) is 0.649. The van der Waals surface area contributed by atoms with Gasteiger partial charge in [-0.1, -0.05) is 18.2 Å². The molecule has 5 rings (SSSR count). The Morgan fingerprint density at radius 2 is 1.88 bits per heavy atom. The van der Waals surface area contributed by atoms with E-state index >= 15 is 0 Å². The summed E-state index contributed by atoms with van der Waals surface area (Å²) in [6, 6.07) is 15.1. The number of para-hydroxylation sites is 1. The van der Waals surface area contributed by atoms with Crippen molar-refractivity contribution in [3.8, 4) is 10.6 Å². The summed E-state index contributed by atoms with van der Waals surface area (Å²) in [6.07, 6.45) is 2.21. The highest BCUT2D eigenvalue weighted by Gasteiger charge is 2.31. The molecule has 0 radical (unpaired) electrons. The van der Waals surface area contributed by atoms with E-state index in [1.54, 1.807) is 11.3 Å². The lowest BCUT2D eigenvalue weighted by molar-refractivity contribution is 0.0558. The third kappa shape index (κ3) is 4.32. The molecule has 0 unspecified atom stereocenters. The smallest absolute Gasteiger partial charge is 0.274 e. The van der Waals surface area contributed by atoms with Gasteiger partial charge in [0, 0.05) is 55.9 Å². The van der Waals surface area contributed by atoms with Crippen LogP contribution >= 0.6 is 11.3 Å². The number of hydrogen-bond acceptors (Lipinski definition) is 5. The van der Waals surface area contributed by atoms with Gasteiger partial charge < -0.3 is 9.80 Å². The summed E-state index contributed by atoms with van der Waals surface area (Å²) in [4.78, 5) is 22.6. The normalized spacial score (nSPS) is 20.0. The molecule has 1 amide bonds. The Morgan fingerprint density at radius 1 is 1.06 bits per heavy atom. The molecule has 7 heteroatoms. The largest absolute Gasteiger partial charge is 0.369 e. The van der Waals surface area contributed by atoms with Crippen LogP contribution in [-0.2, 0) is 0 Å². The zero-order valence-electron chi connectivity index (χ0n) is 18.9. The molecule has 32 heavy (non-hydrogen) atoms. The third-order valence-corrected chi connectivity index (χ3v) is 7.81. The molecule has 2 aliphatic rings. The van der Waals surface area contributed by atoms with E-state index in [4.69, 9.17) is 0 Å². The summed E-state index contributed by atoms with van der Waals surface area (Å²) in [5.41, 5.74) is 4.14. The molecule has 1 atom stereocenters. The van der Waals surface area contributed by atoms with Gasteiger partial charge in [0.2, 0.25) is 0 Å². The van der Waals surface area contributed by atoms with Gasteiger partial charge in [-0.3, -0.25) is 14.8 Å². The van der Waals surface area contributed by atoms with Crippen molar-refractivity contribution in [2.24, 2.45) is 0 Å².